The summed E-state index contributed by atoms with van der Waals surface area (Å²) in [6.07, 6.45) is 4.93. The van der Waals surface area contributed by atoms with Crippen LogP contribution in [0.2, 0.25) is 0 Å². The second kappa shape index (κ2) is 5.70. The van der Waals surface area contributed by atoms with E-state index in [9.17, 15) is 4.79 Å². The van der Waals surface area contributed by atoms with E-state index in [1.165, 1.54) is 0 Å². The molecule has 0 aliphatic rings. The van der Waals surface area contributed by atoms with Crippen LogP contribution in [0.1, 0.15) is 24.1 Å². The van der Waals surface area contributed by atoms with Crippen LogP contribution >= 0.6 is 0 Å². The number of esters is 1. The highest BCUT2D eigenvalue weighted by Crippen LogP contribution is 2.15. The number of rotatable bonds is 4. The Morgan fingerprint density at radius 1 is 1.29 bits per heavy atom. The summed E-state index contributed by atoms with van der Waals surface area (Å²) >= 11 is 0. The minimum Gasteiger partial charge on any atom is -0.460 e. The van der Waals surface area contributed by atoms with Gasteiger partial charge >= 0.3 is 5.97 Å². The molecule has 6 heteroatoms. The van der Waals surface area contributed by atoms with E-state index in [1.54, 1.807) is 30.0 Å². The lowest BCUT2D eigenvalue weighted by Gasteiger charge is -2.11. The Kier molecular flexibility index (Phi) is 3.59. The van der Waals surface area contributed by atoms with Gasteiger partial charge in [-0.15, -0.1) is 5.10 Å². The number of fused-ring (bicyclic) bond motifs is 1. The lowest BCUT2D eigenvalue weighted by molar-refractivity contribution is -0.146. The first kappa shape index (κ1) is 13.2. The first-order valence-corrected chi connectivity index (χ1v) is 6.60. The number of aromatic nitrogens is 4. The van der Waals surface area contributed by atoms with Crippen LogP contribution in [-0.2, 0) is 16.1 Å². The Labute approximate surface area is 121 Å². The quantitative estimate of drug-likeness (QED) is 0.684. The molecule has 0 saturated heterocycles. The molecule has 21 heavy (non-hydrogen) atoms. The summed E-state index contributed by atoms with van der Waals surface area (Å²) in [6, 6.07) is 9.57. The number of hydrogen-bond donors (Lipinski definition) is 0. The van der Waals surface area contributed by atoms with Crippen LogP contribution in [0.15, 0.2) is 48.9 Å². The molecule has 3 aromatic rings. The maximum atomic E-state index is 12.1. The summed E-state index contributed by atoms with van der Waals surface area (Å²) in [5.74, 6) is -0.770. The molecule has 0 radical (unpaired) electrons. The van der Waals surface area contributed by atoms with Crippen molar-refractivity contribution < 1.29 is 9.53 Å². The molecule has 3 rings (SSSR count). The van der Waals surface area contributed by atoms with E-state index in [2.05, 4.69) is 15.3 Å². The monoisotopic (exact) mass is 282 g/mol. The number of nitrogens with zero attached hydrogens (tertiary/aromatic N) is 4. The van der Waals surface area contributed by atoms with Gasteiger partial charge in [0.05, 0.1) is 30.2 Å². The predicted octanol–water partition coefficient (Wildman–Crippen LogP) is 1.97. The lowest BCUT2D eigenvalue weighted by Crippen LogP contribution is -2.15. The van der Waals surface area contributed by atoms with E-state index in [0.717, 1.165) is 11.1 Å². The molecule has 0 aliphatic carbocycles. The average molecular weight is 282 g/mol. The van der Waals surface area contributed by atoms with E-state index in [1.807, 2.05) is 30.3 Å². The van der Waals surface area contributed by atoms with Crippen molar-refractivity contribution in [3.8, 4) is 0 Å². The maximum Gasteiger partial charge on any atom is 0.315 e. The first-order valence-electron chi connectivity index (χ1n) is 6.60. The maximum absolute atomic E-state index is 12.1. The Morgan fingerprint density at radius 3 is 2.90 bits per heavy atom. The summed E-state index contributed by atoms with van der Waals surface area (Å²) in [4.78, 5) is 16.3. The zero-order valence-electron chi connectivity index (χ0n) is 11.5. The normalized spacial score (nSPS) is 12.2. The second-order valence-electron chi connectivity index (χ2n) is 4.73. The topological polar surface area (TPSA) is 69.4 Å². The molecule has 106 valence electrons. The Hall–Kier alpha value is -2.76. The van der Waals surface area contributed by atoms with Crippen molar-refractivity contribution in [2.24, 2.45) is 0 Å². The van der Waals surface area contributed by atoms with Crippen LogP contribution in [-0.4, -0.2) is 25.8 Å². The lowest BCUT2D eigenvalue weighted by atomic mass is 10.1. The van der Waals surface area contributed by atoms with Crippen molar-refractivity contribution in [2.75, 3.05) is 0 Å². The fourth-order valence-corrected chi connectivity index (χ4v) is 1.94. The van der Waals surface area contributed by atoms with Crippen LogP contribution < -0.4 is 0 Å². The highest BCUT2D eigenvalue weighted by Gasteiger charge is 2.19. The number of ether oxygens (including phenoxy) is 1. The molecule has 1 aromatic carbocycles. The van der Waals surface area contributed by atoms with Crippen molar-refractivity contribution in [2.45, 2.75) is 19.4 Å². The fourth-order valence-electron chi connectivity index (χ4n) is 1.94. The van der Waals surface area contributed by atoms with Crippen LogP contribution in [0, 0.1) is 0 Å². The number of benzene rings is 1. The van der Waals surface area contributed by atoms with Gasteiger partial charge in [-0.2, -0.15) is 0 Å². The molecular weight excluding hydrogens is 268 g/mol. The molecular formula is C15H14N4O2. The smallest absolute Gasteiger partial charge is 0.315 e. The van der Waals surface area contributed by atoms with E-state index in [4.69, 9.17) is 4.74 Å². The molecule has 2 aromatic heterocycles. The zero-order chi connectivity index (χ0) is 14.7. The number of hydrogen-bond acceptors (Lipinski definition) is 5. The van der Waals surface area contributed by atoms with Gasteiger partial charge in [0.1, 0.15) is 12.1 Å². The van der Waals surface area contributed by atoms with Gasteiger partial charge in [-0.1, -0.05) is 35.5 Å². The van der Waals surface area contributed by atoms with Crippen molar-refractivity contribution in [3.63, 3.8) is 0 Å². The van der Waals surface area contributed by atoms with Gasteiger partial charge in [-0.25, -0.2) is 4.52 Å². The summed E-state index contributed by atoms with van der Waals surface area (Å²) in [7, 11) is 0. The highest BCUT2D eigenvalue weighted by molar-refractivity contribution is 5.77. The molecule has 1 unspecified atom stereocenters. The van der Waals surface area contributed by atoms with Crippen molar-refractivity contribution in [3.05, 3.63) is 60.2 Å². The Bertz CT molecular complexity index is 754. The summed E-state index contributed by atoms with van der Waals surface area (Å²) in [5, 5.41) is 7.67. The molecule has 0 fully saturated rings. The van der Waals surface area contributed by atoms with Crippen molar-refractivity contribution in [1.82, 2.24) is 19.8 Å². The van der Waals surface area contributed by atoms with Crippen LogP contribution in [0.4, 0.5) is 0 Å². The molecule has 0 bridgehead atoms. The first-order chi connectivity index (χ1) is 10.2. The van der Waals surface area contributed by atoms with Gasteiger partial charge < -0.3 is 4.74 Å². The molecule has 0 N–H and O–H groups in total. The number of carbonyl (C=O) groups is 1. The third kappa shape index (κ3) is 2.89. The van der Waals surface area contributed by atoms with Crippen molar-refractivity contribution >= 4 is 11.5 Å². The minimum absolute atomic E-state index is 0.260. The SMILES string of the molecule is CC(C(=O)OCc1ccccc1)c1cn2nncc2cn1. The molecule has 0 saturated carbocycles. The van der Waals surface area contributed by atoms with E-state index >= 15 is 0 Å². The summed E-state index contributed by atoms with van der Waals surface area (Å²) in [6.45, 7) is 2.02. The van der Waals surface area contributed by atoms with E-state index in [-0.39, 0.29) is 12.6 Å². The standard InChI is InChI=1S/C15H14N4O2/c1-11(14-9-19-13(7-16-14)8-17-18-19)15(20)21-10-12-5-3-2-4-6-12/h2-9,11H,10H2,1H3. The van der Waals surface area contributed by atoms with E-state index in [0.29, 0.717) is 5.69 Å². The van der Waals surface area contributed by atoms with Gasteiger partial charge in [0.25, 0.3) is 0 Å². The van der Waals surface area contributed by atoms with Crippen molar-refractivity contribution in [1.29, 1.82) is 0 Å². The average Bonchev–Trinajstić information content (AvgIpc) is 3.00. The van der Waals surface area contributed by atoms with E-state index < -0.39 is 5.92 Å². The molecule has 6 nitrogen and oxygen atoms in total. The summed E-state index contributed by atoms with van der Waals surface area (Å²) < 4.78 is 6.90. The van der Waals surface area contributed by atoms with Crippen LogP contribution in [0.5, 0.6) is 0 Å². The second-order valence-corrected chi connectivity index (χ2v) is 4.73. The van der Waals surface area contributed by atoms with Gasteiger partial charge in [0, 0.05) is 0 Å². The Balaban J connectivity index is 1.68. The third-order valence-electron chi connectivity index (χ3n) is 3.22. The zero-order valence-corrected chi connectivity index (χ0v) is 11.5. The highest BCUT2D eigenvalue weighted by atomic mass is 16.5. The molecule has 0 amide bonds. The van der Waals surface area contributed by atoms with Gasteiger partial charge in [-0.05, 0) is 12.5 Å². The van der Waals surface area contributed by atoms with Gasteiger partial charge in [-0.3, -0.25) is 9.78 Å². The van der Waals surface area contributed by atoms with Crippen LogP contribution in [0.25, 0.3) is 5.52 Å². The molecule has 2 heterocycles. The third-order valence-corrected chi connectivity index (χ3v) is 3.22. The largest absolute Gasteiger partial charge is 0.460 e. The van der Waals surface area contributed by atoms with Gasteiger partial charge in [0.15, 0.2) is 0 Å². The summed E-state index contributed by atoms with van der Waals surface area (Å²) in [5.41, 5.74) is 2.34. The fraction of sp³-hybridized carbons (Fsp3) is 0.200. The molecule has 1 atom stereocenters. The van der Waals surface area contributed by atoms with Crippen LogP contribution in [0.3, 0.4) is 0 Å². The minimum atomic E-state index is -0.456. The Morgan fingerprint density at radius 2 is 2.10 bits per heavy atom. The molecule has 0 spiro atoms. The predicted molar refractivity (Wildman–Crippen MR) is 75.4 cm³/mol. The molecule has 0 aliphatic heterocycles. The van der Waals surface area contributed by atoms with Gasteiger partial charge in [0.2, 0.25) is 0 Å². The number of carbonyl (C=O) groups excluding carboxylic acids is 1.